The van der Waals surface area contributed by atoms with Crippen LogP contribution in [0.3, 0.4) is 0 Å². The molecule has 7 nitrogen and oxygen atoms in total. The lowest BCUT2D eigenvalue weighted by atomic mass is 9.84. The predicted octanol–water partition coefficient (Wildman–Crippen LogP) is 17.3. The van der Waals surface area contributed by atoms with E-state index in [1.54, 1.807) is 0 Å². The molecule has 8 aromatic rings. The van der Waals surface area contributed by atoms with E-state index in [4.69, 9.17) is 20.5 Å². The van der Waals surface area contributed by atoms with Gasteiger partial charge in [0.05, 0.1) is 34.1 Å². The Labute approximate surface area is 345 Å². The molecule has 1 aliphatic carbocycles. The van der Waals surface area contributed by atoms with Crippen LogP contribution in [0, 0.1) is 0 Å². The van der Waals surface area contributed by atoms with E-state index in [1.807, 2.05) is 72.8 Å². The van der Waals surface area contributed by atoms with Crippen LogP contribution in [0.1, 0.15) is 63.9 Å². The zero-order valence-electron chi connectivity index (χ0n) is 33.6. The highest BCUT2D eigenvalue weighted by atomic mass is 15.1. The molecular formula is C52H47N7. The van der Waals surface area contributed by atoms with Gasteiger partial charge in [-0.25, -0.2) is 0 Å². The predicted molar refractivity (Wildman–Crippen MR) is 245 cm³/mol. The average Bonchev–Trinajstić information content (AvgIpc) is 3.30. The summed E-state index contributed by atoms with van der Waals surface area (Å²) >= 11 is 0. The molecule has 1 aliphatic rings. The van der Waals surface area contributed by atoms with Crippen molar-refractivity contribution in [3.05, 3.63) is 163 Å². The van der Waals surface area contributed by atoms with E-state index in [1.165, 1.54) is 48.8 Å². The maximum absolute atomic E-state index is 4.77. The fourth-order valence-electron chi connectivity index (χ4n) is 8.18. The molecule has 7 heteroatoms. The summed E-state index contributed by atoms with van der Waals surface area (Å²) in [6.45, 7) is 4.38. The molecule has 0 amide bonds. The number of hydrogen-bond acceptors (Lipinski definition) is 7. The molecule has 1 saturated carbocycles. The van der Waals surface area contributed by atoms with Crippen LogP contribution >= 0.6 is 0 Å². The second kappa shape index (κ2) is 17.3. The number of benzene rings is 8. The number of nitrogens with zero attached hydrogens (tertiary/aromatic N) is 6. The van der Waals surface area contributed by atoms with Gasteiger partial charge in [0.25, 0.3) is 0 Å². The fraction of sp³-hybridized carbons (Fsp3) is 0.192. The van der Waals surface area contributed by atoms with Gasteiger partial charge in [-0.2, -0.15) is 5.11 Å². The van der Waals surface area contributed by atoms with Crippen molar-refractivity contribution < 1.29 is 0 Å². The number of hydrogen-bond donors (Lipinski definition) is 1. The first kappa shape index (κ1) is 37.7. The first-order valence-corrected chi connectivity index (χ1v) is 20.9. The Morgan fingerprint density at radius 1 is 0.441 bits per heavy atom. The molecule has 0 spiro atoms. The van der Waals surface area contributed by atoms with E-state index in [2.05, 4.69) is 114 Å². The minimum atomic E-state index is 0.372. The number of nitrogens with one attached hydrogen (secondary N) is 1. The van der Waals surface area contributed by atoms with Gasteiger partial charge in [0.2, 0.25) is 0 Å². The Balaban J connectivity index is 0.936. The van der Waals surface area contributed by atoms with Gasteiger partial charge in [-0.15, -0.1) is 25.6 Å². The van der Waals surface area contributed by atoms with Crippen LogP contribution < -0.4 is 5.32 Å². The van der Waals surface area contributed by atoms with Gasteiger partial charge < -0.3 is 5.32 Å². The lowest BCUT2D eigenvalue weighted by Crippen LogP contribution is -2.13. The van der Waals surface area contributed by atoms with E-state index in [-0.39, 0.29) is 0 Å². The molecule has 1 N–H and O–H groups in total. The van der Waals surface area contributed by atoms with E-state index < -0.39 is 0 Å². The number of rotatable bonds is 11. The molecule has 0 saturated heterocycles. The molecule has 0 radical (unpaired) electrons. The van der Waals surface area contributed by atoms with Crippen molar-refractivity contribution in [2.45, 2.75) is 64.3 Å². The van der Waals surface area contributed by atoms with Crippen molar-refractivity contribution in [1.82, 2.24) is 0 Å². The third-order valence-electron chi connectivity index (χ3n) is 11.7. The number of anilines is 1. The summed E-state index contributed by atoms with van der Waals surface area (Å²) in [6, 6.07) is 54.4. The summed E-state index contributed by atoms with van der Waals surface area (Å²) in [5, 5.41) is 38.0. The van der Waals surface area contributed by atoms with Crippen LogP contribution in [0.5, 0.6) is 0 Å². The van der Waals surface area contributed by atoms with Crippen LogP contribution in [-0.2, 0) is 0 Å². The van der Waals surface area contributed by atoms with Crippen molar-refractivity contribution >= 4 is 72.1 Å². The Hall–Kier alpha value is -6.86. The van der Waals surface area contributed by atoms with E-state index in [9.17, 15) is 0 Å². The van der Waals surface area contributed by atoms with Gasteiger partial charge in [0.1, 0.15) is 0 Å². The SMILES string of the molecule is CCC(C)Nc1ccc(/N=N/c2ccc(/N=N/c3ccc(/N=N/c4ccc(-c5ccc(C6CCCCC6)cc5)cc4)c4ccccc34)c3ccccc23)c2ccccc12. The average molecular weight is 770 g/mol. The summed E-state index contributed by atoms with van der Waals surface area (Å²) in [6.07, 6.45) is 7.75. The van der Waals surface area contributed by atoms with E-state index >= 15 is 0 Å². The fourth-order valence-corrected chi connectivity index (χ4v) is 8.18. The topological polar surface area (TPSA) is 86.2 Å². The number of fused-ring (bicyclic) bond motifs is 3. The van der Waals surface area contributed by atoms with Crippen molar-refractivity contribution in [3.8, 4) is 11.1 Å². The van der Waals surface area contributed by atoms with Crippen molar-refractivity contribution in [3.63, 3.8) is 0 Å². The van der Waals surface area contributed by atoms with Crippen molar-refractivity contribution in [2.75, 3.05) is 5.32 Å². The first-order chi connectivity index (χ1) is 29.1. The first-order valence-electron chi connectivity index (χ1n) is 20.9. The molecule has 1 fully saturated rings. The Kier molecular flexibility index (Phi) is 11.1. The summed E-state index contributed by atoms with van der Waals surface area (Å²) in [5.74, 6) is 0.713. The lowest BCUT2D eigenvalue weighted by Gasteiger charge is -2.22. The van der Waals surface area contributed by atoms with E-state index in [0.717, 1.165) is 78.5 Å². The van der Waals surface area contributed by atoms with Gasteiger partial charge in [-0.05, 0) is 97.3 Å². The van der Waals surface area contributed by atoms with Crippen LogP contribution in [0.4, 0.5) is 39.8 Å². The Bertz CT molecular complexity index is 2830. The summed E-state index contributed by atoms with van der Waals surface area (Å²) in [4.78, 5) is 0. The highest BCUT2D eigenvalue weighted by Crippen LogP contribution is 2.40. The second-order valence-electron chi connectivity index (χ2n) is 15.5. The van der Waals surface area contributed by atoms with E-state index in [0.29, 0.717) is 12.0 Å². The van der Waals surface area contributed by atoms with Gasteiger partial charge >= 0.3 is 0 Å². The standard InChI is InChI=1S/C52H47N7/c1-3-35(2)53-47-29-30-49(42-16-8-7-15-41(42)47)56-57-51-33-34-52(46-20-12-11-19-45(46)51)59-58-50-32-31-48(43-17-9-10-18-44(43)50)55-54-40-27-25-39(26-28-40)38-23-21-37(22-24-38)36-13-5-4-6-14-36/h7-12,15-36,53H,3-6,13-14H2,1-2H3/b55-54+,57-56+,59-58+. The molecule has 8 aromatic carbocycles. The second-order valence-corrected chi connectivity index (χ2v) is 15.5. The Morgan fingerprint density at radius 2 is 0.831 bits per heavy atom. The molecule has 1 atom stereocenters. The van der Waals surface area contributed by atoms with Gasteiger partial charge in [-0.1, -0.05) is 135 Å². The maximum Gasteiger partial charge on any atom is 0.0936 e. The van der Waals surface area contributed by atoms with Crippen molar-refractivity contribution in [1.29, 1.82) is 0 Å². The molecule has 59 heavy (non-hydrogen) atoms. The molecule has 290 valence electrons. The third-order valence-corrected chi connectivity index (χ3v) is 11.7. The molecule has 0 heterocycles. The third kappa shape index (κ3) is 8.28. The van der Waals surface area contributed by atoms with Crippen LogP contribution in [-0.4, -0.2) is 6.04 Å². The zero-order valence-corrected chi connectivity index (χ0v) is 33.6. The summed E-state index contributed by atoms with van der Waals surface area (Å²) in [7, 11) is 0. The molecule has 1 unspecified atom stereocenters. The molecule has 0 aromatic heterocycles. The largest absolute Gasteiger partial charge is 0.382 e. The summed E-state index contributed by atoms with van der Waals surface area (Å²) < 4.78 is 0. The zero-order chi connectivity index (χ0) is 40.0. The minimum Gasteiger partial charge on any atom is -0.382 e. The maximum atomic E-state index is 4.77. The highest BCUT2D eigenvalue weighted by molar-refractivity contribution is 6.02. The quantitative estimate of drug-likeness (QED) is 0.131. The molecule has 0 aliphatic heterocycles. The molecule has 0 bridgehead atoms. The van der Waals surface area contributed by atoms with Crippen LogP contribution in [0.25, 0.3) is 43.4 Å². The van der Waals surface area contributed by atoms with Crippen molar-refractivity contribution in [2.24, 2.45) is 30.7 Å². The lowest BCUT2D eigenvalue weighted by molar-refractivity contribution is 0.443. The normalized spacial score (nSPS) is 14.3. The monoisotopic (exact) mass is 769 g/mol. The Morgan fingerprint density at radius 3 is 1.29 bits per heavy atom. The van der Waals surface area contributed by atoms with Gasteiger partial charge in [-0.3, -0.25) is 0 Å². The van der Waals surface area contributed by atoms with Crippen LogP contribution in [0.2, 0.25) is 0 Å². The van der Waals surface area contributed by atoms with Gasteiger partial charge in [0.15, 0.2) is 0 Å². The van der Waals surface area contributed by atoms with Gasteiger partial charge in [0, 0.05) is 44.0 Å². The van der Waals surface area contributed by atoms with Crippen LogP contribution in [0.15, 0.2) is 188 Å². The highest BCUT2D eigenvalue weighted by Gasteiger charge is 2.16. The molecule has 9 rings (SSSR count). The molecular weight excluding hydrogens is 723 g/mol. The summed E-state index contributed by atoms with van der Waals surface area (Å²) in [5.41, 5.74) is 9.65. The minimum absolute atomic E-state index is 0.372. The smallest absolute Gasteiger partial charge is 0.0936 e. The number of azo groups is 3.